The van der Waals surface area contributed by atoms with Crippen LogP contribution in [0, 0.1) is 5.82 Å². The summed E-state index contributed by atoms with van der Waals surface area (Å²) in [5.74, 6) is -0.490. The second-order valence-electron chi connectivity index (χ2n) is 6.60. The first-order valence-corrected chi connectivity index (χ1v) is 9.55. The van der Waals surface area contributed by atoms with Gasteiger partial charge in [0.2, 0.25) is 0 Å². The highest BCUT2D eigenvalue weighted by molar-refractivity contribution is 5.91. The summed E-state index contributed by atoms with van der Waals surface area (Å²) in [6.45, 7) is 0.398. The van der Waals surface area contributed by atoms with E-state index in [1.807, 2.05) is 30.3 Å². The number of carbonyl (C=O) groups excluding carboxylic acids is 2. The van der Waals surface area contributed by atoms with Crippen LogP contribution in [0.2, 0.25) is 0 Å². The first kappa shape index (κ1) is 21.0. The van der Waals surface area contributed by atoms with Gasteiger partial charge in [0, 0.05) is 6.54 Å². The quantitative estimate of drug-likeness (QED) is 0.546. The molecule has 0 aliphatic heterocycles. The Bertz CT molecular complexity index is 957. The Kier molecular flexibility index (Phi) is 7.55. The summed E-state index contributed by atoms with van der Waals surface area (Å²) >= 11 is 0. The van der Waals surface area contributed by atoms with Crippen molar-refractivity contribution in [3.63, 3.8) is 0 Å². The zero-order valence-corrected chi connectivity index (χ0v) is 16.3. The third-order valence-corrected chi connectivity index (χ3v) is 4.32. The van der Waals surface area contributed by atoms with E-state index in [-0.39, 0.29) is 12.4 Å². The summed E-state index contributed by atoms with van der Waals surface area (Å²) in [6.07, 6.45) is 0.562. The molecule has 1 N–H and O–H groups in total. The van der Waals surface area contributed by atoms with Gasteiger partial charge in [-0.2, -0.15) is 0 Å². The molecule has 1 amide bonds. The first-order valence-electron chi connectivity index (χ1n) is 9.55. The minimum Gasteiger partial charge on any atom is -0.489 e. The van der Waals surface area contributed by atoms with Crippen LogP contribution in [0.5, 0.6) is 5.75 Å². The van der Waals surface area contributed by atoms with Crippen LogP contribution in [0.1, 0.15) is 21.5 Å². The predicted octanol–water partition coefficient (Wildman–Crippen LogP) is 3.92. The van der Waals surface area contributed by atoms with E-state index in [1.54, 1.807) is 36.4 Å². The van der Waals surface area contributed by atoms with Gasteiger partial charge in [0.25, 0.3) is 5.91 Å². The number of nitrogens with one attached hydrogen (secondary N) is 1. The average Bonchev–Trinajstić information content (AvgIpc) is 2.78. The van der Waals surface area contributed by atoms with E-state index >= 15 is 0 Å². The van der Waals surface area contributed by atoms with Gasteiger partial charge in [-0.15, -0.1) is 0 Å². The van der Waals surface area contributed by atoms with Gasteiger partial charge in [-0.1, -0.05) is 42.5 Å². The van der Waals surface area contributed by atoms with Crippen molar-refractivity contribution in [3.05, 3.63) is 101 Å². The van der Waals surface area contributed by atoms with Crippen molar-refractivity contribution in [2.75, 3.05) is 13.2 Å². The Morgan fingerprint density at radius 2 is 1.50 bits per heavy atom. The SMILES string of the molecule is O=C(COC(=O)c1ccc(COc2ccccc2)cc1)NCCc1ccc(F)cc1. The molecule has 0 spiro atoms. The zero-order chi connectivity index (χ0) is 21.2. The van der Waals surface area contributed by atoms with E-state index in [9.17, 15) is 14.0 Å². The molecule has 0 aromatic heterocycles. The van der Waals surface area contributed by atoms with Gasteiger partial charge >= 0.3 is 5.97 Å². The molecule has 0 aliphatic carbocycles. The predicted molar refractivity (Wildman–Crippen MR) is 111 cm³/mol. The van der Waals surface area contributed by atoms with Crippen molar-refractivity contribution in [3.8, 4) is 5.75 Å². The van der Waals surface area contributed by atoms with E-state index in [2.05, 4.69) is 5.32 Å². The van der Waals surface area contributed by atoms with Gasteiger partial charge in [-0.3, -0.25) is 4.79 Å². The van der Waals surface area contributed by atoms with Crippen molar-refractivity contribution in [2.45, 2.75) is 13.0 Å². The normalized spacial score (nSPS) is 10.3. The highest BCUT2D eigenvalue weighted by Gasteiger charge is 2.10. The van der Waals surface area contributed by atoms with Crippen LogP contribution in [-0.2, 0) is 22.6 Å². The molecule has 0 bridgehead atoms. The molecular weight excluding hydrogens is 385 g/mol. The van der Waals surface area contributed by atoms with E-state index < -0.39 is 11.9 Å². The number of amides is 1. The maximum Gasteiger partial charge on any atom is 0.338 e. The third-order valence-electron chi connectivity index (χ3n) is 4.32. The van der Waals surface area contributed by atoms with E-state index in [4.69, 9.17) is 9.47 Å². The fourth-order valence-electron chi connectivity index (χ4n) is 2.68. The van der Waals surface area contributed by atoms with Crippen LogP contribution in [0.15, 0.2) is 78.9 Å². The number of esters is 1. The third kappa shape index (κ3) is 6.74. The summed E-state index contributed by atoms with van der Waals surface area (Å²) in [7, 11) is 0. The molecule has 0 fully saturated rings. The topological polar surface area (TPSA) is 64.6 Å². The number of halogens is 1. The lowest BCUT2D eigenvalue weighted by Crippen LogP contribution is -2.30. The van der Waals surface area contributed by atoms with Crippen LogP contribution < -0.4 is 10.1 Å². The molecule has 3 rings (SSSR count). The molecule has 6 heteroatoms. The van der Waals surface area contributed by atoms with Crippen molar-refractivity contribution >= 4 is 11.9 Å². The molecule has 0 heterocycles. The lowest BCUT2D eigenvalue weighted by molar-refractivity contribution is -0.124. The van der Waals surface area contributed by atoms with Crippen LogP contribution in [0.4, 0.5) is 4.39 Å². The molecule has 3 aromatic rings. The maximum atomic E-state index is 12.9. The van der Waals surface area contributed by atoms with Gasteiger partial charge < -0.3 is 14.8 Å². The smallest absolute Gasteiger partial charge is 0.338 e. The number of hydrogen-bond acceptors (Lipinski definition) is 4. The fourth-order valence-corrected chi connectivity index (χ4v) is 2.68. The lowest BCUT2D eigenvalue weighted by atomic mass is 10.1. The average molecular weight is 407 g/mol. The summed E-state index contributed by atoms with van der Waals surface area (Å²) in [5.41, 5.74) is 2.18. The summed E-state index contributed by atoms with van der Waals surface area (Å²) < 4.78 is 23.6. The van der Waals surface area contributed by atoms with E-state index in [0.29, 0.717) is 25.1 Å². The van der Waals surface area contributed by atoms with Crippen molar-refractivity contribution in [1.82, 2.24) is 5.32 Å². The Balaban J connectivity index is 1.37. The number of para-hydroxylation sites is 1. The first-order chi connectivity index (χ1) is 14.6. The molecule has 0 atom stereocenters. The molecule has 0 saturated carbocycles. The van der Waals surface area contributed by atoms with E-state index in [1.165, 1.54) is 12.1 Å². The molecule has 0 saturated heterocycles. The summed E-state index contributed by atoms with van der Waals surface area (Å²) in [4.78, 5) is 23.9. The van der Waals surface area contributed by atoms with E-state index in [0.717, 1.165) is 16.9 Å². The van der Waals surface area contributed by atoms with Crippen LogP contribution >= 0.6 is 0 Å². The second kappa shape index (κ2) is 10.8. The number of rotatable bonds is 9. The largest absolute Gasteiger partial charge is 0.489 e. The Hall–Kier alpha value is -3.67. The van der Waals surface area contributed by atoms with Gasteiger partial charge in [-0.05, 0) is 53.9 Å². The van der Waals surface area contributed by atoms with Gasteiger partial charge in [0.05, 0.1) is 5.56 Å². The molecule has 0 unspecified atom stereocenters. The maximum absolute atomic E-state index is 12.9. The monoisotopic (exact) mass is 407 g/mol. The Morgan fingerprint density at radius 1 is 0.833 bits per heavy atom. The second-order valence-corrected chi connectivity index (χ2v) is 6.60. The Morgan fingerprint density at radius 3 is 2.20 bits per heavy atom. The highest BCUT2D eigenvalue weighted by atomic mass is 19.1. The number of benzene rings is 3. The van der Waals surface area contributed by atoms with Crippen molar-refractivity contribution in [2.24, 2.45) is 0 Å². The minimum absolute atomic E-state index is 0.300. The van der Waals surface area contributed by atoms with Crippen LogP contribution in [0.3, 0.4) is 0 Å². The van der Waals surface area contributed by atoms with Gasteiger partial charge in [0.1, 0.15) is 18.2 Å². The molecule has 0 radical (unpaired) electrons. The molecule has 30 heavy (non-hydrogen) atoms. The fraction of sp³-hybridized carbons (Fsp3) is 0.167. The van der Waals surface area contributed by atoms with Crippen molar-refractivity contribution < 1.29 is 23.5 Å². The molecule has 5 nitrogen and oxygen atoms in total. The molecule has 0 aliphatic rings. The Labute approximate surface area is 174 Å². The standard InChI is InChI=1S/C24H22FNO4/c25-21-12-8-18(9-13-21)14-15-26-23(27)17-30-24(28)20-10-6-19(7-11-20)16-29-22-4-2-1-3-5-22/h1-13H,14-17H2,(H,26,27). The molecular formula is C24H22FNO4. The molecule has 3 aromatic carbocycles. The van der Waals surface area contributed by atoms with Crippen LogP contribution in [-0.4, -0.2) is 25.0 Å². The lowest BCUT2D eigenvalue weighted by Gasteiger charge is -2.08. The zero-order valence-electron chi connectivity index (χ0n) is 16.3. The minimum atomic E-state index is -0.570. The highest BCUT2D eigenvalue weighted by Crippen LogP contribution is 2.12. The number of ether oxygens (including phenoxy) is 2. The molecule has 154 valence electrons. The van der Waals surface area contributed by atoms with Gasteiger partial charge in [-0.25, -0.2) is 9.18 Å². The number of carbonyl (C=O) groups is 2. The van der Waals surface area contributed by atoms with Crippen LogP contribution in [0.25, 0.3) is 0 Å². The summed E-state index contributed by atoms with van der Waals surface area (Å²) in [6, 6.07) is 22.4. The van der Waals surface area contributed by atoms with Crippen molar-refractivity contribution in [1.29, 1.82) is 0 Å². The van der Waals surface area contributed by atoms with Gasteiger partial charge in [0.15, 0.2) is 6.61 Å². The number of hydrogen-bond donors (Lipinski definition) is 1. The summed E-state index contributed by atoms with van der Waals surface area (Å²) in [5, 5.41) is 2.67.